The lowest BCUT2D eigenvalue weighted by Crippen LogP contribution is -2.66. The van der Waals surface area contributed by atoms with Gasteiger partial charge >= 0.3 is 12.4 Å². The van der Waals surface area contributed by atoms with Crippen molar-refractivity contribution in [2.24, 2.45) is 0 Å². The number of halogens is 6. The summed E-state index contributed by atoms with van der Waals surface area (Å²) in [5.74, 6) is -1.47. The van der Waals surface area contributed by atoms with Gasteiger partial charge in [-0.1, -0.05) is 41.4 Å². The third-order valence-corrected chi connectivity index (χ3v) is 7.54. The van der Waals surface area contributed by atoms with Crippen LogP contribution in [0.5, 0.6) is 0 Å². The molecule has 2 unspecified atom stereocenters. The summed E-state index contributed by atoms with van der Waals surface area (Å²) in [5, 5.41) is 2.46. The third-order valence-electron chi connectivity index (χ3n) is 6.97. The van der Waals surface area contributed by atoms with E-state index < -0.39 is 65.5 Å². The van der Waals surface area contributed by atoms with Gasteiger partial charge in [0.1, 0.15) is 6.04 Å². The minimum absolute atomic E-state index is 0.0141. The Morgan fingerprint density at radius 1 is 1.02 bits per heavy atom. The molecule has 0 saturated carbocycles. The zero-order valence-corrected chi connectivity index (χ0v) is 21.8. The van der Waals surface area contributed by atoms with Crippen LogP contribution in [0.3, 0.4) is 0 Å². The van der Waals surface area contributed by atoms with Gasteiger partial charge < -0.3 is 19.5 Å². The quantitative estimate of drug-likeness (QED) is 0.405. The average Bonchev–Trinajstić information content (AvgIpc) is 3.23. The summed E-state index contributed by atoms with van der Waals surface area (Å²) in [6.45, 7) is -0.534. The van der Waals surface area contributed by atoms with Crippen LogP contribution in [0.15, 0.2) is 42.5 Å². The number of rotatable bonds is 6. The molecule has 2 aromatic rings. The van der Waals surface area contributed by atoms with Crippen molar-refractivity contribution >= 4 is 28.6 Å². The predicted octanol–water partition coefficient (Wildman–Crippen LogP) is 3.76. The second kappa shape index (κ2) is 11.1. The zero-order valence-electron chi connectivity index (χ0n) is 21.0. The fourth-order valence-electron chi connectivity index (χ4n) is 5.24. The van der Waals surface area contributed by atoms with Crippen LogP contribution >= 0.6 is 0 Å². The van der Waals surface area contributed by atoms with Gasteiger partial charge in [-0.05, 0) is 34.4 Å². The normalized spacial score (nSPS) is 19.3. The summed E-state index contributed by atoms with van der Waals surface area (Å²) < 4.78 is 113. The molecule has 1 saturated heterocycles. The standard InChI is InChI=1S/C25H25F6N3O5S/c1-15(35)34-13-17-12-16(14-40(37)38)2-7-20(17)21(34)22(36)32-19-5-3-18(4-6-19)23(24(26,27)28,25(29,30)31)33-8-10-39-11-9-33/h2-7,12,21H,8-11,13-14H2,1H3,(H,32,36)(H,37,38)/p-1. The predicted molar refractivity (Wildman–Crippen MR) is 129 cm³/mol. The first-order valence-electron chi connectivity index (χ1n) is 12.0. The van der Waals surface area contributed by atoms with Crippen molar-refractivity contribution < 1.29 is 49.4 Å². The number of hydrogen-bond acceptors (Lipinski definition) is 6. The fourth-order valence-corrected chi connectivity index (χ4v) is 5.69. The topological polar surface area (TPSA) is 102 Å². The number of ether oxygens (including phenoxy) is 1. The Morgan fingerprint density at radius 2 is 1.62 bits per heavy atom. The zero-order chi connectivity index (χ0) is 29.5. The maximum Gasteiger partial charge on any atom is 0.420 e. The molecule has 1 N–H and O–H groups in total. The molecule has 0 spiro atoms. The second-order valence-electron chi connectivity index (χ2n) is 9.40. The Balaban J connectivity index is 1.64. The molecule has 2 aromatic carbocycles. The van der Waals surface area contributed by atoms with Crippen LogP contribution in [0, 0.1) is 0 Å². The summed E-state index contributed by atoms with van der Waals surface area (Å²) in [6, 6.07) is 6.66. The van der Waals surface area contributed by atoms with Crippen LogP contribution in [0.1, 0.15) is 35.2 Å². The molecule has 1 fully saturated rings. The van der Waals surface area contributed by atoms with Crippen molar-refractivity contribution in [3.05, 3.63) is 64.7 Å². The molecule has 2 atom stereocenters. The smallest absolute Gasteiger partial charge is 0.420 e. The maximum atomic E-state index is 14.3. The lowest BCUT2D eigenvalue weighted by atomic mass is 9.85. The van der Waals surface area contributed by atoms with Crippen LogP contribution in [-0.2, 0) is 43.2 Å². The van der Waals surface area contributed by atoms with E-state index in [2.05, 4.69) is 5.32 Å². The molecule has 0 aromatic heterocycles. The molecule has 2 aliphatic rings. The Kier molecular flexibility index (Phi) is 8.32. The number of carbonyl (C=O) groups is 2. The van der Waals surface area contributed by atoms with Crippen molar-refractivity contribution in [3.8, 4) is 0 Å². The summed E-state index contributed by atoms with van der Waals surface area (Å²) >= 11 is -2.36. The highest BCUT2D eigenvalue weighted by Gasteiger charge is 2.74. The molecular formula is C25H24F6N3O5S-. The second-order valence-corrected chi connectivity index (χ2v) is 10.3. The van der Waals surface area contributed by atoms with Crippen molar-refractivity contribution in [1.82, 2.24) is 9.80 Å². The number of amides is 2. The monoisotopic (exact) mass is 592 g/mol. The van der Waals surface area contributed by atoms with Crippen molar-refractivity contribution in [2.75, 3.05) is 31.6 Å². The highest BCUT2D eigenvalue weighted by atomic mass is 32.2. The van der Waals surface area contributed by atoms with Gasteiger partial charge in [0.05, 0.1) is 13.2 Å². The van der Waals surface area contributed by atoms with Crippen molar-refractivity contribution in [2.45, 2.75) is 43.2 Å². The molecule has 218 valence electrons. The molecule has 4 rings (SSSR count). The Labute approximate surface area is 227 Å². The van der Waals surface area contributed by atoms with E-state index in [9.17, 15) is 44.7 Å². The number of fused-ring (bicyclic) bond motifs is 1. The van der Waals surface area contributed by atoms with Crippen LogP contribution in [0.4, 0.5) is 32.0 Å². The number of benzene rings is 2. The molecule has 15 heteroatoms. The summed E-state index contributed by atoms with van der Waals surface area (Å²) in [6.07, 6.45) is -11.4. The first-order valence-corrected chi connectivity index (χ1v) is 13.2. The van der Waals surface area contributed by atoms with Gasteiger partial charge in [0, 0.05) is 38.0 Å². The number of anilines is 1. The maximum absolute atomic E-state index is 14.3. The number of nitrogens with zero attached hydrogens (tertiary/aromatic N) is 2. The number of alkyl halides is 6. The lowest BCUT2D eigenvalue weighted by molar-refractivity contribution is -0.353. The highest BCUT2D eigenvalue weighted by Crippen LogP contribution is 2.54. The van der Waals surface area contributed by atoms with Crippen LogP contribution < -0.4 is 5.32 Å². The summed E-state index contributed by atoms with van der Waals surface area (Å²) in [7, 11) is 0. The third kappa shape index (κ3) is 5.47. The largest absolute Gasteiger partial charge is 0.772 e. The minimum atomic E-state index is -5.72. The van der Waals surface area contributed by atoms with Crippen LogP contribution in [0.2, 0.25) is 0 Å². The molecular weight excluding hydrogens is 568 g/mol. The first-order chi connectivity index (χ1) is 18.7. The summed E-state index contributed by atoms with van der Waals surface area (Å²) in [4.78, 5) is 27.0. The van der Waals surface area contributed by atoms with E-state index in [0.29, 0.717) is 33.7 Å². The number of nitrogens with one attached hydrogen (secondary N) is 1. The fraction of sp³-hybridized carbons (Fsp3) is 0.440. The van der Waals surface area contributed by atoms with E-state index >= 15 is 0 Å². The van der Waals surface area contributed by atoms with E-state index in [0.717, 1.165) is 12.1 Å². The van der Waals surface area contributed by atoms with Gasteiger partial charge in [0.25, 0.3) is 5.91 Å². The first kappa shape index (κ1) is 30.0. The average molecular weight is 593 g/mol. The molecule has 40 heavy (non-hydrogen) atoms. The van der Waals surface area contributed by atoms with Gasteiger partial charge in [-0.25, -0.2) is 0 Å². The van der Waals surface area contributed by atoms with Crippen LogP contribution in [-0.4, -0.2) is 69.0 Å². The molecule has 0 bridgehead atoms. The number of morpholine rings is 1. The Morgan fingerprint density at radius 3 is 2.15 bits per heavy atom. The van der Waals surface area contributed by atoms with E-state index in [4.69, 9.17) is 4.74 Å². The Hall–Kier alpha value is -3.01. The van der Waals surface area contributed by atoms with Gasteiger partial charge in [-0.2, -0.15) is 26.3 Å². The molecule has 8 nitrogen and oxygen atoms in total. The Bertz CT molecular complexity index is 1280. The lowest BCUT2D eigenvalue weighted by Gasteiger charge is -2.47. The van der Waals surface area contributed by atoms with Gasteiger partial charge in [-0.15, -0.1) is 0 Å². The number of hydrogen-bond donors (Lipinski definition) is 1. The van der Waals surface area contributed by atoms with Gasteiger partial charge in [-0.3, -0.25) is 18.7 Å². The SMILES string of the molecule is CC(=O)N1Cc2cc(CS(=O)[O-])ccc2C1C(=O)Nc1ccc(C(N2CCOCC2)(C(F)(F)F)C(F)(F)F)cc1. The molecule has 0 aliphatic carbocycles. The van der Waals surface area contributed by atoms with E-state index in [1.54, 1.807) is 6.07 Å². The van der Waals surface area contributed by atoms with Gasteiger partial charge in [0.2, 0.25) is 11.4 Å². The van der Waals surface area contributed by atoms with Crippen molar-refractivity contribution in [1.29, 1.82) is 0 Å². The molecule has 2 heterocycles. The van der Waals surface area contributed by atoms with Crippen molar-refractivity contribution in [3.63, 3.8) is 0 Å². The molecule has 2 amide bonds. The minimum Gasteiger partial charge on any atom is -0.772 e. The van der Waals surface area contributed by atoms with E-state index in [1.807, 2.05) is 0 Å². The van der Waals surface area contributed by atoms with E-state index in [-0.39, 0.29) is 31.2 Å². The molecule has 0 radical (unpaired) electrons. The van der Waals surface area contributed by atoms with Gasteiger partial charge in [0.15, 0.2) is 0 Å². The summed E-state index contributed by atoms with van der Waals surface area (Å²) in [5.41, 5.74) is -4.01. The van der Waals surface area contributed by atoms with E-state index in [1.165, 1.54) is 24.0 Å². The highest BCUT2D eigenvalue weighted by molar-refractivity contribution is 7.78. The molecule has 2 aliphatic heterocycles. The number of carbonyl (C=O) groups excluding carboxylic acids is 2. The van der Waals surface area contributed by atoms with Crippen LogP contribution in [0.25, 0.3) is 0 Å².